The number of rotatable bonds is 5. The zero-order valence-corrected chi connectivity index (χ0v) is 12.0. The van der Waals surface area contributed by atoms with E-state index in [0.717, 1.165) is 11.3 Å². The second-order valence-electron chi connectivity index (χ2n) is 5.14. The number of benzene rings is 1. The summed E-state index contributed by atoms with van der Waals surface area (Å²) in [5.74, 6) is 0.135. The van der Waals surface area contributed by atoms with Crippen LogP contribution in [0.15, 0.2) is 30.5 Å². The topological polar surface area (TPSA) is 53.1 Å². The number of halogens is 1. The molecule has 0 radical (unpaired) electrons. The fourth-order valence-corrected chi connectivity index (χ4v) is 1.90. The lowest BCUT2D eigenvalue weighted by molar-refractivity contribution is 0.292. The van der Waals surface area contributed by atoms with Gasteiger partial charge in [0.1, 0.15) is 18.2 Å². The first-order chi connectivity index (χ1) is 9.47. The summed E-state index contributed by atoms with van der Waals surface area (Å²) in [7, 11) is 0. The molecule has 0 amide bonds. The minimum absolute atomic E-state index is 0.209. The van der Waals surface area contributed by atoms with Gasteiger partial charge in [-0.15, -0.1) is 0 Å². The van der Waals surface area contributed by atoms with Crippen molar-refractivity contribution in [2.75, 3.05) is 0 Å². The Morgan fingerprint density at radius 2 is 2.05 bits per heavy atom. The van der Waals surface area contributed by atoms with E-state index >= 15 is 0 Å². The molecule has 0 aliphatic heterocycles. The van der Waals surface area contributed by atoms with Crippen molar-refractivity contribution in [2.45, 2.75) is 39.5 Å². The maximum absolute atomic E-state index is 13.3. The molecule has 108 valence electrons. The third kappa shape index (κ3) is 3.36. The Labute approximate surface area is 118 Å². The smallest absolute Gasteiger partial charge is 0.132 e. The molecule has 5 heteroatoms. The second kappa shape index (κ2) is 6.05. The highest BCUT2D eigenvalue weighted by Gasteiger charge is 2.10. The normalized spacial score (nSPS) is 12.7. The van der Waals surface area contributed by atoms with Crippen molar-refractivity contribution in [3.63, 3.8) is 0 Å². The molecule has 2 rings (SSSR count). The monoisotopic (exact) mass is 277 g/mol. The molecule has 20 heavy (non-hydrogen) atoms. The second-order valence-corrected chi connectivity index (χ2v) is 5.14. The van der Waals surface area contributed by atoms with Gasteiger partial charge in [0.2, 0.25) is 0 Å². The average Bonchev–Trinajstić information content (AvgIpc) is 2.85. The molecule has 2 aromatic rings. The summed E-state index contributed by atoms with van der Waals surface area (Å²) in [6.07, 6.45) is 1.90. The Balaban J connectivity index is 2.11. The largest absolute Gasteiger partial charge is 0.487 e. The molecular formula is C15H20FN3O. The number of ether oxygens (including phenoxy) is 1. The summed E-state index contributed by atoms with van der Waals surface area (Å²) in [6, 6.07) is 6.39. The van der Waals surface area contributed by atoms with Gasteiger partial charge in [-0.25, -0.2) is 4.39 Å². The molecule has 0 saturated heterocycles. The van der Waals surface area contributed by atoms with Crippen LogP contribution >= 0.6 is 0 Å². The lowest BCUT2D eigenvalue weighted by Gasteiger charge is -2.13. The summed E-state index contributed by atoms with van der Waals surface area (Å²) in [6.45, 7) is 6.24. The van der Waals surface area contributed by atoms with Gasteiger partial charge >= 0.3 is 0 Å². The molecule has 0 aliphatic rings. The maximum Gasteiger partial charge on any atom is 0.132 e. The minimum atomic E-state index is -0.336. The molecule has 0 spiro atoms. The first-order valence-electron chi connectivity index (χ1n) is 6.69. The summed E-state index contributed by atoms with van der Waals surface area (Å²) in [4.78, 5) is 0. The van der Waals surface area contributed by atoms with Crippen molar-refractivity contribution in [1.29, 1.82) is 0 Å². The fraction of sp³-hybridized carbons (Fsp3) is 0.400. The number of hydrogen-bond acceptors (Lipinski definition) is 3. The van der Waals surface area contributed by atoms with E-state index in [2.05, 4.69) is 18.9 Å². The van der Waals surface area contributed by atoms with Crippen molar-refractivity contribution in [3.8, 4) is 5.75 Å². The SMILES string of the molecule is CC(N)c1ccc(F)cc1OCc1ccn(C(C)C)n1. The molecule has 1 aromatic heterocycles. The van der Waals surface area contributed by atoms with Crippen molar-refractivity contribution in [3.05, 3.63) is 47.5 Å². The summed E-state index contributed by atoms with van der Waals surface area (Å²) in [5, 5.41) is 4.39. The molecule has 2 N–H and O–H groups in total. The van der Waals surface area contributed by atoms with Crippen molar-refractivity contribution < 1.29 is 9.13 Å². The van der Waals surface area contributed by atoms with Crippen LogP contribution in [-0.4, -0.2) is 9.78 Å². The Morgan fingerprint density at radius 1 is 1.30 bits per heavy atom. The number of aromatic nitrogens is 2. The van der Waals surface area contributed by atoms with E-state index in [-0.39, 0.29) is 11.9 Å². The van der Waals surface area contributed by atoms with E-state index in [1.54, 1.807) is 6.07 Å². The lowest BCUT2D eigenvalue weighted by atomic mass is 10.1. The summed E-state index contributed by atoms with van der Waals surface area (Å²) in [5.41, 5.74) is 7.45. The quantitative estimate of drug-likeness (QED) is 0.913. The number of nitrogens with two attached hydrogens (primary N) is 1. The predicted octanol–water partition coefficient (Wildman–Crippen LogP) is 3.20. The van der Waals surface area contributed by atoms with E-state index in [1.807, 2.05) is 23.9 Å². The van der Waals surface area contributed by atoms with E-state index in [1.165, 1.54) is 12.1 Å². The Hall–Kier alpha value is -1.88. The zero-order valence-electron chi connectivity index (χ0n) is 12.0. The highest BCUT2D eigenvalue weighted by atomic mass is 19.1. The molecular weight excluding hydrogens is 257 g/mol. The molecule has 0 aliphatic carbocycles. The van der Waals surface area contributed by atoms with Crippen LogP contribution in [0.4, 0.5) is 4.39 Å². The van der Waals surface area contributed by atoms with Crippen LogP contribution in [-0.2, 0) is 6.61 Å². The maximum atomic E-state index is 13.3. The van der Waals surface area contributed by atoms with Crippen LogP contribution in [0.5, 0.6) is 5.75 Å². The highest BCUT2D eigenvalue weighted by molar-refractivity contribution is 5.36. The average molecular weight is 277 g/mol. The van der Waals surface area contributed by atoms with Gasteiger partial charge in [0.15, 0.2) is 0 Å². The van der Waals surface area contributed by atoms with Crippen LogP contribution in [0.3, 0.4) is 0 Å². The molecule has 1 unspecified atom stereocenters. The van der Waals surface area contributed by atoms with Gasteiger partial charge in [0.05, 0.1) is 5.69 Å². The first kappa shape index (κ1) is 14.5. The van der Waals surface area contributed by atoms with Crippen molar-refractivity contribution >= 4 is 0 Å². The van der Waals surface area contributed by atoms with Crippen LogP contribution < -0.4 is 10.5 Å². The van der Waals surface area contributed by atoms with Gasteiger partial charge in [-0.2, -0.15) is 5.10 Å². The van der Waals surface area contributed by atoms with Crippen LogP contribution in [0.1, 0.15) is 44.1 Å². The molecule has 0 bridgehead atoms. The third-order valence-corrected chi connectivity index (χ3v) is 3.03. The predicted molar refractivity (Wildman–Crippen MR) is 75.9 cm³/mol. The van der Waals surface area contributed by atoms with Gasteiger partial charge in [-0.1, -0.05) is 6.07 Å². The molecule has 0 fully saturated rings. The van der Waals surface area contributed by atoms with Gasteiger partial charge in [0, 0.05) is 29.9 Å². The van der Waals surface area contributed by atoms with E-state index in [9.17, 15) is 4.39 Å². The lowest BCUT2D eigenvalue weighted by Crippen LogP contribution is -2.09. The fourth-order valence-electron chi connectivity index (χ4n) is 1.90. The Kier molecular flexibility index (Phi) is 4.39. The van der Waals surface area contributed by atoms with Crippen LogP contribution in [0, 0.1) is 5.82 Å². The Bertz CT molecular complexity index is 578. The number of nitrogens with zero attached hydrogens (tertiary/aromatic N) is 2. The Morgan fingerprint density at radius 3 is 2.65 bits per heavy atom. The molecule has 1 aromatic carbocycles. The van der Waals surface area contributed by atoms with Gasteiger partial charge < -0.3 is 10.5 Å². The van der Waals surface area contributed by atoms with E-state index < -0.39 is 0 Å². The van der Waals surface area contributed by atoms with Crippen molar-refractivity contribution in [2.24, 2.45) is 5.73 Å². The highest BCUT2D eigenvalue weighted by Crippen LogP contribution is 2.25. The van der Waals surface area contributed by atoms with E-state index in [0.29, 0.717) is 18.4 Å². The summed E-state index contributed by atoms with van der Waals surface area (Å²) >= 11 is 0. The standard InChI is InChI=1S/C15H20FN3O/c1-10(2)19-7-6-13(18-19)9-20-15-8-12(16)4-5-14(15)11(3)17/h4-8,10-11H,9,17H2,1-3H3. The van der Waals surface area contributed by atoms with Crippen molar-refractivity contribution in [1.82, 2.24) is 9.78 Å². The number of hydrogen-bond donors (Lipinski definition) is 1. The van der Waals surface area contributed by atoms with Gasteiger partial charge in [-0.05, 0) is 32.9 Å². The van der Waals surface area contributed by atoms with Crippen LogP contribution in [0.25, 0.3) is 0 Å². The van der Waals surface area contributed by atoms with E-state index in [4.69, 9.17) is 10.5 Å². The zero-order chi connectivity index (χ0) is 14.7. The molecule has 0 saturated carbocycles. The minimum Gasteiger partial charge on any atom is -0.487 e. The van der Waals surface area contributed by atoms with Gasteiger partial charge in [0.25, 0.3) is 0 Å². The summed E-state index contributed by atoms with van der Waals surface area (Å²) < 4.78 is 20.8. The van der Waals surface area contributed by atoms with Crippen LogP contribution in [0.2, 0.25) is 0 Å². The molecule has 1 heterocycles. The van der Waals surface area contributed by atoms with Gasteiger partial charge in [-0.3, -0.25) is 4.68 Å². The molecule has 1 atom stereocenters. The molecule has 4 nitrogen and oxygen atoms in total. The first-order valence-corrected chi connectivity index (χ1v) is 6.69. The third-order valence-electron chi connectivity index (χ3n) is 3.03.